The summed E-state index contributed by atoms with van der Waals surface area (Å²) in [7, 11) is 3.33. The van der Waals surface area contributed by atoms with Crippen molar-refractivity contribution in [1.82, 2.24) is 4.90 Å². The number of nitrogens with two attached hydrogens (primary N) is 1. The molecular formula is C14H28N2O3. The van der Waals surface area contributed by atoms with Crippen LogP contribution in [-0.2, 0) is 14.3 Å². The third-order valence-corrected chi connectivity index (χ3v) is 3.85. The Morgan fingerprint density at radius 2 is 1.74 bits per heavy atom. The zero-order valence-corrected chi connectivity index (χ0v) is 12.6. The van der Waals surface area contributed by atoms with E-state index in [1.807, 2.05) is 18.7 Å². The second-order valence-electron chi connectivity index (χ2n) is 5.60. The predicted molar refractivity (Wildman–Crippen MR) is 74.8 cm³/mol. The molecular weight excluding hydrogens is 244 g/mol. The van der Waals surface area contributed by atoms with Gasteiger partial charge in [0.2, 0.25) is 5.91 Å². The summed E-state index contributed by atoms with van der Waals surface area (Å²) in [4.78, 5) is 14.2. The third-order valence-electron chi connectivity index (χ3n) is 3.85. The first-order chi connectivity index (χ1) is 8.99. The smallest absolute Gasteiger partial charge is 0.225 e. The Kier molecular flexibility index (Phi) is 6.75. The van der Waals surface area contributed by atoms with Gasteiger partial charge in [0.05, 0.1) is 0 Å². The summed E-state index contributed by atoms with van der Waals surface area (Å²) in [6, 6.07) is 0.213. The maximum absolute atomic E-state index is 12.3. The van der Waals surface area contributed by atoms with Crippen molar-refractivity contribution in [2.75, 3.05) is 27.3 Å². The number of amides is 1. The molecule has 1 aliphatic rings. The molecule has 19 heavy (non-hydrogen) atoms. The lowest BCUT2D eigenvalue weighted by Gasteiger charge is -2.20. The van der Waals surface area contributed by atoms with E-state index in [4.69, 9.17) is 15.2 Å². The molecule has 0 aromatic rings. The lowest BCUT2D eigenvalue weighted by atomic mass is 10.0. The van der Waals surface area contributed by atoms with E-state index in [1.54, 1.807) is 14.2 Å². The highest BCUT2D eigenvalue weighted by Gasteiger charge is 2.36. The maximum Gasteiger partial charge on any atom is 0.225 e. The van der Waals surface area contributed by atoms with Gasteiger partial charge in [0.1, 0.15) is 12.2 Å². The van der Waals surface area contributed by atoms with Crippen LogP contribution in [-0.4, -0.2) is 56.4 Å². The van der Waals surface area contributed by atoms with Crippen molar-refractivity contribution in [2.24, 2.45) is 11.7 Å². The van der Waals surface area contributed by atoms with Crippen LogP contribution in [0.5, 0.6) is 0 Å². The first kappa shape index (κ1) is 16.4. The van der Waals surface area contributed by atoms with E-state index in [9.17, 15) is 4.79 Å². The van der Waals surface area contributed by atoms with Gasteiger partial charge in [-0.25, -0.2) is 0 Å². The molecule has 0 aromatic carbocycles. The van der Waals surface area contributed by atoms with E-state index >= 15 is 0 Å². The van der Waals surface area contributed by atoms with Gasteiger partial charge < -0.3 is 20.1 Å². The molecule has 0 spiro atoms. The molecule has 1 aliphatic heterocycles. The van der Waals surface area contributed by atoms with Crippen LogP contribution in [0.25, 0.3) is 0 Å². The SMILES string of the molecule is COC1CN(C(=O)C(C)CCCC(C)N)CC1OC. The molecule has 0 saturated carbocycles. The van der Waals surface area contributed by atoms with Crippen molar-refractivity contribution in [3.05, 3.63) is 0 Å². The highest BCUT2D eigenvalue weighted by molar-refractivity contribution is 5.78. The second-order valence-corrected chi connectivity index (χ2v) is 5.60. The number of ether oxygens (including phenoxy) is 2. The number of carbonyl (C=O) groups is 1. The van der Waals surface area contributed by atoms with Gasteiger partial charge in [-0.1, -0.05) is 13.3 Å². The Bertz CT molecular complexity index is 272. The monoisotopic (exact) mass is 272 g/mol. The summed E-state index contributed by atoms with van der Waals surface area (Å²) < 4.78 is 10.7. The lowest BCUT2D eigenvalue weighted by Crippen LogP contribution is -2.34. The van der Waals surface area contributed by atoms with Gasteiger partial charge in [0, 0.05) is 39.3 Å². The number of carbonyl (C=O) groups excluding carboxylic acids is 1. The van der Waals surface area contributed by atoms with E-state index in [2.05, 4.69) is 0 Å². The number of likely N-dealkylation sites (tertiary alicyclic amines) is 1. The number of hydrogen-bond donors (Lipinski definition) is 1. The number of methoxy groups -OCH3 is 2. The molecule has 1 amide bonds. The zero-order chi connectivity index (χ0) is 14.4. The topological polar surface area (TPSA) is 64.8 Å². The molecule has 1 rings (SSSR count). The summed E-state index contributed by atoms with van der Waals surface area (Å²) in [5.41, 5.74) is 5.72. The standard InChI is InChI=1S/C14H28N2O3/c1-10(6-5-7-11(2)15)14(17)16-8-12(18-3)13(9-16)19-4/h10-13H,5-9,15H2,1-4H3. The van der Waals surface area contributed by atoms with Gasteiger partial charge >= 0.3 is 0 Å². The van der Waals surface area contributed by atoms with Gasteiger partial charge in [-0.15, -0.1) is 0 Å². The molecule has 5 nitrogen and oxygen atoms in total. The molecule has 1 fully saturated rings. The fourth-order valence-electron chi connectivity index (χ4n) is 2.56. The van der Waals surface area contributed by atoms with Crippen molar-refractivity contribution < 1.29 is 14.3 Å². The fourth-order valence-corrected chi connectivity index (χ4v) is 2.56. The average Bonchev–Trinajstić information content (AvgIpc) is 2.80. The molecule has 1 heterocycles. The minimum Gasteiger partial charge on any atom is -0.377 e. The van der Waals surface area contributed by atoms with Crippen LogP contribution in [0, 0.1) is 5.92 Å². The van der Waals surface area contributed by atoms with Gasteiger partial charge in [-0.3, -0.25) is 4.79 Å². The maximum atomic E-state index is 12.3. The van der Waals surface area contributed by atoms with Crippen LogP contribution < -0.4 is 5.73 Å². The van der Waals surface area contributed by atoms with Crippen LogP contribution >= 0.6 is 0 Å². The Morgan fingerprint density at radius 1 is 1.21 bits per heavy atom. The predicted octanol–water partition coefficient (Wildman–Crippen LogP) is 1.01. The summed E-state index contributed by atoms with van der Waals surface area (Å²) >= 11 is 0. The molecule has 112 valence electrons. The molecule has 0 aliphatic carbocycles. The molecule has 4 unspecified atom stereocenters. The van der Waals surface area contributed by atoms with Crippen LogP contribution in [0.2, 0.25) is 0 Å². The zero-order valence-electron chi connectivity index (χ0n) is 12.6. The summed E-state index contributed by atoms with van der Waals surface area (Å²) in [5, 5.41) is 0. The Balaban J connectivity index is 2.40. The normalized spacial score (nSPS) is 26.5. The van der Waals surface area contributed by atoms with E-state index in [1.165, 1.54) is 0 Å². The van der Waals surface area contributed by atoms with E-state index in [-0.39, 0.29) is 30.1 Å². The summed E-state index contributed by atoms with van der Waals surface area (Å²) in [6.07, 6.45) is 2.85. The van der Waals surface area contributed by atoms with Gasteiger partial charge in [-0.05, 0) is 19.8 Å². The first-order valence-corrected chi connectivity index (χ1v) is 7.09. The van der Waals surface area contributed by atoms with Crippen molar-refractivity contribution in [3.63, 3.8) is 0 Å². The molecule has 4 atom stereocenters. The van der Waals surface area contributed by atoms with Crippen LogP contribution in [0.1, 0.15) is 33.1 Å². The Morgan fingerprint density at radius 3 is 2.16 bits per heavy atom. The van der Waals surface area contributed by atoms with E-state index in [0.717, 1.165) is 19.3 Å². The highest BCUT2D eigenvalue weighted by Crippen LogP contribution is 2.20. The Hall–Kier alpha value is -0.650. The van der Waals surface area contributed by atoms with E-state index < -0.39 is 0 Å². The van der Waals surface area contributed by atoms with Gasteiger partial charge in [0.25, 0.3) is 0 Å². The van der Waals surface area contributed by atoms with Crippen molar-refractivity contribution in [1.29, 1.82) is 0 Å². The number of nitrogens with zero attached hydrogens (tertiary/aromatic N) is 1. The largest absolute Gasteiger partial charge is 0.377 e. The quantitative estimate of drug-likeness (QED) is 0.751. The fraction of sp³-hybridized carbons (Fsp3) is 0.929. The summed E-state index contributed by atoms with van der Waals surface area (Å²) in [6.45, 7) is 5.25. The molecule has 2 N–H and O–H groups in total. The molecule has 5 heteroatoms. The first-order valence-electron chi connectivity index (χ1n) is 7.09. The van der Waals surface area contributed by atoms with Crippen molar-refractivity contribution in [3.8, 4) is 0 Å². The van der Waals surface area contributed by atoms with Crippen molar-refractivity contribution >= 4 is 5.91 Å². The van der Waals surface area contributed by atoms with Crippen LogP contribution in [0.3, 0.4) is 0 Å². The van der Waals surface area contributed by atoms with Gasteiger partial charge in [0.15, 0.2) is 0 Å². The number of hydrogen-bond acceptors (Lipinski definition) is 4. The third kappa shape index (κ3) is 4.75. The van der Waals surface area contributed by atoms with Crippen LogP contribution in [0.4, 0.5) is 0 Å². The molecule has 0 aromatic heterocycles. The number of rotatable bonds is 7. The molecule has 1 saturated heterocycles. The second kappa shape index (κ2) is 7.82. The minimum absolute atomic E-state index is 0.00906. The van der Waals surface area contributed by atoms with E-state index in [0.29, 0.717) is 13.1 Å². The lowest BCUT2D eigenvalue weighted by molar-refractivity contribution is -0.134. The average molecular weight is 272 g/mol. The minimum atomic E-state index is -0.00906. The molecule has 0 radical (unpaired) electrons. The Labute approximate surface area is 116 Å². The van der Waals surface area contributed by atoms with Crippen LogP contribution in [0.15, 0.2) is 0 Å². The summed E-state index contributed by atoms with van der Waals surface area (Å²) in [5.74, 6) is 0.248. The molecule has 0 bridgehead atoms. The highest BCUT2D eigenvalue weighted by atomic mass is 16.5. The van der Waals surface area contributed by atoms with Gasteiger partial charge in [-0.2, -0.15) is 0 Å². The van der Waals surface area contributed by atoms with Crippen molar-refractivity contribution in [2.45, 2.75) is 51.4 Å².